The number of hydrogen-bond acceptors (Lipinski definition) is 4. The topological polar surface area (TPSA) is 52.6 Å². The van der Waals surface area contributed by atoms with E-state index in [2.05, 4.69) is 23.8 Å². The standard InChI is InChI=1S/C26H32F2O4/c1-17(29)32-26(27,28)13-4-3-5-15-31-19-7-9-20-18(16-19)6-8-22-21(20)12-14-25(2)23(22)10-11-24(25)30/h4,7,9,13,16,21-23H,3,5-6,8,10-12,14-15H2,1-2H3/b13-4+/t21-,22-,23+,25+/m1/s1. The molecule has 2 saturated carbocycles. The third kappa shape index (κ3) is 4.60. The van der Waals surface area contributed by atoms with Gasteiger partial charge in [-0.15, -0.1) is 0 Å². The van der Waals surface area contributed by atoms with Gasteiger partial charge in [0.2, 0.25) is 0 Å². The van der Waals surface area contributed by atoms with Crippen LogP contribution in [0.15, 0.2) is 30.4 Å². The van der Waals surface area contributed by atoms with Gasteiger partial charge in [0.25, 0.3) is 0 Å². The minimum atomic E-state index is -3.56. The normalized spacial score (nSPS) is 29.4. The molecular weight excluding hydrogens is 414 g/mol. The van der Waals surface area contributed by atoms with Gasteiger partial charge in [0.1, 0.15) is 11.5 Å². The molecule has 0 aliphatic heterocycles. The van der Waals surface area contributed by atoms with Crippen molar-refractivity contribution in [2.45, 2.75) is 77.2 Å². The molecule has 0 N–H and O–H groups in total. The molecule has 0 radical (unpaired) electrons. The third-order valence-electron chi connectivity index (χ3n) is 7.78. The first-order valence-electron chi connectivity index (χ1n) is 11.7. The summed E-state index contributed by atoms with van der Waals surface area (Å²) in [6.07, 6.45) is 5.38. The number of unbranched alkanes of at least 4 members (excludes halogenated alkanes) is 1. The second-order valence-electron chi connectivity index (χ2n) is 9.74. The van der Waals surface area contributed by atoms with Gasteiger partial charge in [-0.2, -0.15) is 8.78 Å². The van der Waals surface area contributed by atoms with Crippen molar-refractivity contribution >= 4 is 11.8 Å². The van der Waals surface area contributed by atoms with Gasteiger partial charge in [0, 0.05) is 24.8 Å². The molecule has 0 saturated heterocycles. The maximum Gasteiger partial charge on any atom is 0.421 e. The average Bonchev–Trinajstić information content (AvgIpc) is 3.04. The van der Waals surface area contributed by atoms with Gasteiger partial charge < -0.3 is 9.47 Å². The molecule has 0 aromatic heterocycles. The van der Waals surface area contributed by atoms with Crippen molar-refractivity contribution in [2.75, 3.05) is 6.61 Å². The summed E-state index contributed by atoms with van der Waals surface area (Å²) in [5, 5.41) is 0. The van der Waals surface area contributed by atoms with Gasteiger partial charge in [-0.3, -0.25) is 9.59 Å². The Balaban J connectivity index is 1.30. The van der Waals surface area contributed by atoms with Crippen LogP contribution in [0.1, 0.15) is 75.8 Å². The van der Waals surface area contributed by atoms with E-state index in [-0.39, 0.29) is 5.41 Å². The van der Waals surface area contributed by atoms with Crippen molar-refractivity contribution < 1.29 is 27.8 Å². The van der Waals surface area contributed by atoms with Crippen LogP contribution >= 0.6 is 0 Å². The third-order valence-corrected chi connectivity index (χ3v) is 7.78. The summed E-state index contributed by atoms with van der Waals surface area (Å²) in [7, 11) is 0. The van der Waals surface area contributed by atoms with E-state index < -0.39 is 12.1 Å². The molecule has 0 bridgehead atoms. The Hall–Kier alpha value is -2.24. The summed E-state index contributed by atoms with van der Waals surface area (Å²) < 4.78 is 36.3. The fourth-order valence-corrected chi connectivity index (χ4v) is 6.26. The number of benzene rings is 1. The van der Waals surface area contributed by atoms with Crippen LogP contribution in [0.3, 0.4) is 0 Å². The van der Waals surface area contributed by atoms with Crippen molar-refractivity contribution in [3.8, 4) is 5.75 Å². The number of allylic oxidation sites excluding steroid dienone is 1. The molecule has 32 heavy (non-hydrogen) atoms. The summed E-state index contributed by atoms with van der Waals surface area (Å²) in [6.45, 7) is 3.58. The first-order valence-corrected chi connectivity index (χ1v) is 11.7. The molecule has 0 heterocycles. The molecular formula is C26H32F2O4. The molecule has 3 aliphatic rings. The van der Waals surface area contributed by atoms with E-state index in [1.807, 2.05) is 6.07 Å². The summed E-state index contributed by atoms with van der Waals surface area (Å²) in [6, 6.07) is 6.34. The van der Waals surface area contributed by atoms with E-state index in [0.29, 0.717) is 49.1 Å². The quantitative estimate of drug-likeness (QED) is 0.294. The molecule has 174 valence electrons. The highest BCUT2D eigenvalue weighted by atomic mass is 19.3. The van der Waals surface area contributed by atoms with Gasteiger partial charge in [0.05, 0.1) is 6.61 Å². The minimum absolute atomic E-state index is 0.0989. The monoisotopic (exact) mass is 446 g/mol. The zero-order valence-corrected chi connectivity index (χ0v) is 18.9. The highest BCUT2D eigenvalue weighted by Gasteiger charge is 2.54. The molecule has 0 spiro atoms. The van der Waals surface area contributed by atoms with E-state index in [9.17, 15) is 18.4 Å². The van der Waals surface area contributed by atoms with Crippen LogP contribution in [0.2, 0.25) is 0 Å². The number of Topliss-reactive ketones (excluding diaryl/α,β-unsaturated/α-hetero) is 1. The number of alkyl halides is 2. The molecule has 1 aromatic rings. The highest BCUT2D eigenvalue weighted by molar-refractivity contribution is 5.87. The number of carbonyl (C=O) groups is 2. The minimum Gasteiger partial charge on any atom is -0.494 e. The molecule has 1 aromatic carbocycles. The Kier molecular flexibility index (Phi) is 6.42. The van der Waals surface area contributed by atoms with E-state index in [0.717, 1.165) is 51.2 Å². The number of esters is 1. The van der Waals surface area contributed by atoms with E-state index >= 15 is 0 Å². The van der Waals surface area contributed by atoms with Crippen LogP contribution in [-0.4, -0.2) is 24.5 Å². The van der Waals surface area contributed by atoms with Crippen LogP contribution in [-0.2, 0) is 20.7 Å². The Morgan fingerprint density at radius 2 is 2.06 bits per heavy atom. The zero-order chi connectivity index (χ0) is 22.9. The first-order chi connectivity index (χ1) is 15.2. The zero-order valence-electron chi connectivity index (χ0n) is 18.9. The fraction of sp³-hybridized carbons (Fsp3) is 0.615. The van der Waals surface area contributed by atoms with Crippen LogP contribution in [0.25, 0.3) is 0 Å². The predicted octanol–water partition coefficient (Wildman–Crippen LogP) is 5.98. The Morgan fingerprint density at radius 3 is 2.84 bits per heavy atom. The summed E-state index contributed by atoms with van der Waals surface area (Å²) in [5.74, 6) is 1.95. The smallest absolute Gasteiger partial charge is 0.421 e. The first kappa shape index (κ1) is 22.9. The molecule has 0 amide bonds. The van der Waals surface area contributed by atoms with Crippen molar-refractivity contribution in [3.05, 3.63) is 41.5 Å². The summed E-state index contributed by atoms with van der Waals surface area (Å²) >= 11 is 0. The molecule has 0 unspecified atom stereocenters. The Morgan fingerprint density at radius 1 is 1.25 bits per heavy atom. The van der Waals surface area contributed by atoms with Crippen molar-refractivity contribution in [2.24, 2.45) is 17.3 Å². The lowest BCUT2D eigenvalue weighted by atomic mass is 9.55. The largest absolute Gasteiger partial charge is 0.494 e. The van der Waals surface area contributed by atoms with Gasteiger partial charge in [-0.25, -0.2) is 0 Å². The number of fused-ring (bicyclic) bond motifs is 5. The van der Waals surface area contributed by atoms with Crippen molar-refractivity contribution in [1.29, 1.82) is 0 Å². The highest BCUT2D eigenvalue weighted by Crippen LogP contribution is 2.59. The van der Waals surface area contributed by atoms with Crippen LogP contribution in [0, 0.1) is 17.3 Å². The van der Waals surface area contributed by atoms with Crippen LogP contribution < -0.4 is 4.74 Å². The number of aryl methyl sites for hydroxylation is 1. The molecule has 2 fully saturated rings. The number of carbonyl (C=O) groups excluding carboxylic acids is 2. The average molecular weight is 447 g/mol. The van der Waals surface area contributed by atoms with Crippen molar-refractivity contribution in [1.82, 2.24) is 0 Å². The second kappa shape index (κ2) is 8.95. The van der Waals surface area contributed by atoms with Gasteiger partial charge in [0.15, 0.2) is 0 Å². The molecule has 4 rings (SSSR count). The maximum atomic E-state index is 13.3. The lowest BCUT2D eigenvalue weighted by Gasteiger charge is -2.48. The molecule has 4 nitrogen and oxygen atoms in total. The van der Waals surface area contributed by atoms with Crippen LogP contribution in [0.5, 0.6) is 5.75 Å². The molecule has 4 atom stereocenters. The summed E-state index contributed by atoms with van der Waals surface area (Å²) in [5.41, 5.74) is 2.67. The molecule has 3 aliphatic carbocycles. The van der Waals surface area contributed by atoms with Gasteiger partial charge in [-0.1, -0.05) is 19.1 Å². The maximum absolute atomic E-state index is 13.3. The Bertz CT molecular complexity index is 909. The lowest BCUT2D eigenvalue weighted by Crippen LogP contribution is -2.42. The van der Waals surface area contributed by atoms with Crippen molar-refractivity contribution in [3.63, 3.8) is 0 Å². The number of halogens is 2. The predicted molar refractivity (Wildman–Crippen MR) is 117 cm³/mol. The lowest BCUT2D eigenvalue weighted by molar-refractivity contribution is -0.205. The summed E-state index contributed by atoms with van der Waals surface area (Å²) in [4.78, 5) is 23.1. The SMILES string of the molecule is CC(=O)OC(F)(F)/C=C/CCCOc1ccc2c(c1)CC[C@@H]1[C@@H]2CC[C@]2(C)C(=O)CC[C@@H]12. The number of hydrogen-bond donors (Lipinski definition) is 0. The number of ketones is 1. The van der Waals surface area contributed by atoms with Gasteiger partial charge in [-0.05, 0) is 86.0 Å². The molecule has 6 heteroatoms. The van der Waals surface area contributed by atoms with E-state index in [4.69, 9.17) is 4.74 Å². The number of ether oxygens (including phenoxy) is 2. The van der Waals surface area contributed by atoms with E-state index in [1.165, 1.54) is 17.2 Å². The second-order valence-corrected chi connectivity index (χ2v) is 9.74. The van der Waals surface area contributed by atoms with E-state index in [1.54, 1.807) is 0 Å². The Labute approximate surface area is 188 Å². The fourth-order valence-electron chi connectivity index (χ4n) is 6.26. The van der Waals surface area contributed by atoms with Crippen LogP contribution in [0.4, 0.5) is 8.78 Å². The van der Waals surface area contributed by atoms with Gasteiger partial charge >= 0.3 is 12.1 Å². The number of rotatable bonds is 7.